The van der Waals surface area contributed by atoms with E-state index >= 15 is 0 Å². The van der Waals surface area contributed by atoms with E-state index in [4.69, 9.17) is 9.47 Å². The number of benzene rings is 1. The van der Waals surface area contributed by atoms with Crippen LogP contribution in [0.3, 0.4) is 0 Å². The van der Waals surface area contributed by atoms with Crippen LogP contribution >= 0.6 is 11.8 Å². The smallest absolute Gasteiger partial charge is 0.251 e. The van der Waals surface area contributed by atoms with Crippen LogP contribution in [0, 0.1) is 0 Å². The Morgan fingerprint density at radius 3 is 2.96 bits per heavy atom. The van der Waals surface area contributed by atoms with Crippen molar-refractivity contribution >= 4 is 17.7 Å². The Bertz CT molecular complexity index is 853. The van der Waals surface area contributed by atoms with E-state index in [2.05, 4.69) is 15.3 Å². The number of H-pyrrole nitrogens is 1. The third-order valence-electron chi connectivity index (χ3n) is 3.84. The van der Waals surface area contributed by atoms with E-state index in [1.807, 2.05) is 25.1 Å². The fourth-order valence-corrected chi connectivity index (χ4v) is 3.38. The van der Waals surface area contributed by atoms with Gasteiger partial charge in [-0.2, -0.15) is 0 Å². The Labute approximate surface area is 155 Å². The molecule has 1 aliphatic heterocycles. The van der Waals surface area contributed by atoms with Gasteiger partial charge in [-0.3, -0.25) is 9.59 Å². The number of aromatic amines is 1. The monoisotopic (exact) mass is 375 g/mol. The van der Waals surface area contributed by atoms with Crippen LogP contribution < -0.4 is 20.3 Å². The summed E-state index contributed by atoms with van der Waals surface area (Å²) in [5.74, 6) is 1.27. The Hall–Kier alpha value is -2.48. The third kappa shape index (κ3) is 4.57. The molecule has 0 radical (unpaired) electrons. The van der Waals surface area contributed by atoms with Crippen LogP contribution in [0.2, 0.25) is 0 Å². The fourth-order valence-electron chi connectivity index (χ4n) is 2.53. The second-order valence-corrected chi connectivity index (χ2v) is 7.29. The van der Waals surface area contributed by atoms with E-state index in [9.17, 15) is 9.59 Å². The Kier molecular flexibility index (Phi) is 5.82. The molecule has 7 nitrogen and oxygen atoms in total. The molecule has 8 heteroatoms. The minimum atomic E-state index is -0.385. The molecule has 2 aromatic rings. The molecule has 1 aromatic heterocycles. The lowest BCUT2D eigenvalue weighted by molar-refractivity contribution is -0.120. The number of hydrogen-bond donors (Lipinski definition) is 2. The predicted molar refractivity (Wildman–Crippen MR) is 98.6 cm³/mol. The Morgan fingerprint density at radius 2 is 2.15 bits per heavy atom. The summed E-state index contributed by atoms with van der Waals surface area (Å²) in [6.07, 6.45) is 1.65. The molecule has 0 saturated carbocycles. The first-order valence-electron chi connectivity index (χ1n) is 8.48. The van der Waals surface area contributed by atoms with Crippen LogP contribution in [0.4, 0.5) is 0 Å². The molecule has 1 unspecified atom stereocenters. The average Bonchev–Trinajstić information content (AvgIpc) is 3.07. The maximum atomic E-state index is 12.3. The number of nitrogens with zero attached hydrogens (tertiary/aromatic N) is 1. The zero-order valence-corrected chi connectivity index (χ0v) is 15.5. The molecular formula is C18H21N3O4S. The van der Waals surface area contributed by atoms with E-state index < -0.39 is 0 Å². The molecule has 1 aliphatic rings. The number of ether oxygens (including phenoxy) is 2. The minimum Gasteiger partial charge on any atom is -0.454 e. The molecule has 1 aromatic carbocycles. The molecule has 0 fully saturated rings. The molecule has 1 atom stereocenters. The number of thioether (sulfide) groups is 1. The second kappa shape index (κ2) is 8.27. The van der Waals surface area contributed by atoms with Crippen molar-refractivity contribution in [1.82, 2.24) is 15.3 Å². The van der Waals surface area contributed by atoms with Gasteiger partial charge in [-0.15, -0.1) is 0 Å². The zero-order chi connectivity index (χ0) is 18.5. The summed E-state index contributed by atoms with van der Waals surface area (Å²) in [6, 6.07) is 7.07. The molecule has 2 heterocycles. The summed E-state index contributed by atoms with van der Waals surface area (Å²) in [6.45, 7) is 4.43. The van der Waals surface area contributed by atoms with Crippen molar-refractivity contribution in [2.24, 2.45) is 0 Å². The number of rotatable bonds is 7. The van der Waals surface area contributed by atoms with Crippen LogP contribution in [0.25, 0.3) is 0 Å². The largest absolute Gasteiger partial charge is 0.454 e. The average molecular weight is 375 g/mol. The van der Waals surface area contributed by atoms with Crippen LogP contribution in [-0.4, -0.2) is 27.9 Å². The van der Waals surface area contributed by atoms with Gasteiger partial charge in [0.1, 0.15) is 0 Å². The summed E-state index contributed by atoms with van der Waals surface area (Å²) < 4.78 is 10.6. The first kappa shape index (κ1) is 18.3. The summed E-state index contributed by atoms with van der Waals surface area (Å²) in [4.78, 5) is 31.1. The van der Waals surface area contributed by atoms with Crippen molar-refractivity contribution < 1.29 is 14.3 Å². The number of aryl methyl sites for hydroxylation is 1. The molecule has 0 spiro atoms. The van der Waals surface area contributed by atoms with Gasteiger partial charge in [0.15, 0.2) is 16.7 Å². The first-order chi connectivity index (χ1) is 12.5. The predicted octanol–water partition coefficient (Wildman–Crippen LogP) is 2.25. The van der Waals surface area contributed by atoms with Crippen molar-refractivity contribution in [2.45, 2.75) is 43.6 Å². The highest BCUT2D eigenvalue weighted by Gasteiger charge is 2.17. The maximum absolute atomic E-state index is 12.3. The SMILES string of the molecule is CCCc1cc(=O)[nH]c(SC(C)C(=O)NCc2ccc3c(c2)OCO3)n1. The number of amides is 1. The van der Waals surface area contributed by atoms with Gasteiger partial charge in [0.05, 0.1) is 5.25 Å². The molecule has 0 saturated heterocycles. The first-order valence-corrected chi connectivity index (χ1v) is 9.36. The number of aromatic nitrogens is 2. The molecule has 1 amide bonds. The van der Waals surface area contributed by atoms with Gasteiger partial charge in [-0.05, 0) is 31.0 Å². The summed E-state index contributed by atoms with van der Waals surface area (Å²) >= 11 is 1.24. The number of fused-ring (bicyclic) bond motifs is 1. The minimum absolute atomic E-state index is 0.129. The van der Waals surface area contributed by atoms with Crippen LogP contribution in [0.5, 0.6) is 11.5 Å². The van der Waals surface area contributed by atoms with Gasteiger partial charge in [-0.1, -0.05) is 31.2 Å². The molecule has 3 rings (SSSR count). The van der Waals surface area contributed by atoms with Gasteiger partial charge >= 0.3 is 0 Å². The molecular weight excluding hydrogens is 354 g/mol. The van der Waals surface area contributed by atoms with Crippen molar-refractivity contribution in [3.05, 3.63) is 45.9 Å². The standard InChI is InChI=1S/C18H21N3O4S/c1-3-4-13-8-16(22)21-18(20-13)26-11(2)17(23)19-9-12-5-6-14-15(7-12)25-10-24-14/h5-8,11H,3-4,9-10H2,1-2H3,(H,19,23)(H,20,21,22). The highest BCUT2D eigenvalue weighted by Crippen LogP contribution is 2.32. The Balaban J connectivity index is 1.57. The molecule has 0 aliphatic carbocycles. The third-order valence-corrected chi connectivity index (χ3v) is 4.82. The summed E-state index contributed by atoms with van der Waals surface area (Å²) in [5.41, 5.74) is 1.47. The second-order valence-electron chi connectivity index (χ2n) is 5.96. The van der Waals surface area contributed by atoms with Crippen LogP contribution in [-0.2, 0) is 17.8 Å². The van der Waals surface area contributed by atoms with Crippen LogP contribution in [0.1, 0.15) is 31.5 Å². The van der Waals surface area contributed by atoms with Gasteiger partial charge in [0.2, 0.25) is 12.7 Å². The Morgan fingerprint density at radius 1 is 1.35 bits per heavy atom. The van der Waals surface area contributed by atoms with E-state index in [1.165, 1.54) is 17.8 Å². The number of carbonyl (C=O) groups excluding carboxylic acids is 1. The van der Waals surface area contributed by atoms with Gasteiger partial charge in [0.25, 0.3) is 5.56 Å². The van der Waals surface area contributed by atoms with Crippen molar-refractivity contribution in [2.75, 3.05) is 6.79 Å². The molecule has 26 heavy (non-hydrogen) atoms. The van der Waals surface area contributed by atoms with Gasteiger partial charge < -0.3 is 19.8 Å². The van der Waals surface area contributed by atoms with E-state index in [1.54, 1.807) is 6.92 Å². The molecule has 2 N–H and O–H groups in total. The lowest BCUT2D eigenvalue weighted by Crippen LogP contribution is -2.30. The quantitative estimate of drug-likeness (QED) is 0.569. The summed E-state index contributed by atoms with van der Waals surface area (Å²) in [7, 11) is 0. The van der Waals surface area contributed by atoms with E-state index in [-0.39, 0.29) is 23.5 Å². The van der Waals surface area contributed by atoms with Crippen LogP contribution in [0.15, 0.2) is 34.2 Å². The van der Waals surface area contributed by atoms with Gasteiger partial charge in [-0.25, -0.2) is 4.98 Å². The lowest BCUT2D eigenvalue weighted by atomic mass is 10.2. The van der Waals surface area contributed by atoms with Gasteiger partial charge in [0, 0.05) is 18.3 Å². The fraction of sp³-hybridized carbons (Fsp3) is 0.389. The highest BCUT2D eigenvalue weighted by molar-refractivity contribution is 8.00. The topological polar surface area (TPSA) is 93.3 Å². The van der Waals surface area contributed by atoms with E-state index in [0.717, 1.165) is 24.1 Å². The van der Waals surface area contributed by atoms with Crippen molar-refractivity contribution in [1.29, 1.82) is 0 Å². The number of nitrogens with one attached hydrogen (secondary N) is 2. The van der Waals surface area contributed by atoms with Crippen molar-refractivity contribution in [3.8, 4) is 11.5 Å². The summed E-state index contributed by atoms with van der Waals surface area (Å²) in [5, 5.41) is 2.97. The zero-order valence-electron chi connectivity index (χ0n) is 14.7. The molecule has 0 bridgehead atoms. The number of hydrogen-bond acceptors (Lipinski definition) is 6. The normalized spacial score (nSPS) is 13.5. The maximum Gasteiger partial charge on any atom is 0.251 e. The van der Waals surface area contributed by atoms with E-state index in [0.29, 0.717) is 23.2 Å². The molecule has 138 valence electrons. The van der Waals surface area contributed by atoms with Crippen molar-refractivity contribution in [3.63, 3.8) is 0 Å². The highest BCUT2D eigenvalue weighted by atomic mass is 32.2. The number of carbonyl (C=O) groups is 1. The lowest BCUT2D eigenvalue weighted by Gasteiger charge is -2.12.